The van der Waals surface area contributed by atoms with E-state index >= 15 is 0 Å². The van der Waals surface area contributed by atoms with Crippen LogP contribution < -0.4 is 5.73 Å². The number of halogens is 1. The number of amides is 1. The number of methoxy groups -OCH3 is 1. The van der Waals surface area contributed by atoms with Crippen LogP contribution >= 0.6 is 12.4 Å². The van der Waals surface area contributed by atoms with Crippen molar-refractivity contribution in [1.82, 2.24) is 4.90 Å². The van der Waals surface area contributed by atoms with Gasteiger partial charge < -0.3 is 20.1 Å². The fourth-order valence-corrected chi connectivity index (χ4v) is 1.26. The highest BCUT2D eigenvalue weighted by atomic mass is 35.5. The summed E-state index contributed by atoms with van der Waals surface area (Å²) < 4.78 is 10.3. The molecule has 18 heavy (non-hydrogen) atoms. The van der Waals surface area contributed by atoms with Crippen LogP contribution in [-0.4, -0.2) is 57.4 Å². The van der Waals surface area contributed by atoms with Crippen LogP contribution in [0, 0.1) is 5.92 Å². The van der Waals surface area contributed by atoms with Crippen molar-refractivity contribution in [3.05, 3.63) is 0 Å². The van der Waals surface area contributed by atoms with Crippen LogP contribution in [0.2, 0.25) is 0 Å². The van der Waals surface area contributed by atoms with E-state index in [0.717, 1.165) is 6.42 Å². The molecule has 0 aromatic rings. The van der Waals surface area contributed by atoms with Gasteiger partial charge in [0.25, 0.3) is 0 Å². The molecule has 0 bridgehead atoms. The van der Waals surface area contributed by atoms with E-state index in [1.165, 1.54) is 0 Å². The Morgan fingerprint density at radius 3 is 2.39 bits per heavy atom. The maximum atomic E-state index is 11.8. The minimum Gasteiger partial charge on any atom is -0.385 e. The standard InChI is InChI=1S/C12H26N2O3.ClH/c1-10(2)11(13)12(15)14(3)6-9-17-8-5-7-16-4;/h10-11H,5-9,13H2,1-4H3;1H/t11-;/m0./s1. The fraction of sp³-hybridized carbons (Fsp3) is 0.917. The number of nitrogens with zero attached hydrogens (tertiary/aromatic N) is 1. The lowest BCUT2D eigenvalue weighted by molar-refractivity contribution is -0.132. The van der Waals surface area contributed by atoms with Crippen molar-refractivity contribution < 1.29 is 14.3 Å². The van der Waals surface area contributed by atoms with Gasteiger partial charge in [-0.05, 0) is 12.3 Å². The number of hydrogen-bond donors (Lipinski definition) is 1. The molecule has 0 aromatic carbocycles. The molecule has 0 spiro atoms. The second kappa shape index (κ2) is 11.7. The number of likely N-dealkylation sites (N-methyl/N-ethyl adjacent to an activating group) is 1. The molecule has 0 radical (unpaired) electrons. The van der Waals surface area contributed by atoms with Gasteiger partial charge in [-0.15, -0.1) is 12.4 Å². The van der Waals surface area contributed by atoms with E-state index < -0.39 is 6.04 Å². The summed E-state index contributed by atoms with van der Waals surface area (Å²) in [5.74, 6) is 0.132. The lowest BCUT2D eigenvalue weighted by Crippen LogP contribution is -2.45. The van der Waals surface area contributed by atoms with Crippen molar-refractivity contribution in [2.45, 2.75) is 26.3 Å². The van der Waals surface area contributed by atoms with Crippen molar-refractivity contribution >= 4 is 18.3 Å². The van der Waals surface area contributed by atoms with Gasteiger partial charge in [0.15, 0.2) is 0 Å². The number of carbonyl (C=O) groups excluding carboxylic acids is 1. The summed E-state index contributed by atoms with van der Waals surface area (Å²) in [6.45, 7) is 6.36. The molecule has 0 aromatic heterocycles. The van der Waals surface area contributed by atoms with Crippen molar-refractivity contribution in [1.29, 1.82) is 0 Å². The van der Waals surface area contributed by atoms with Gasteiger partial charge in [-0.25, -0.2) is 0 Å². The van der Waals surface area contributed by atoms with Gasteiger partial charge in [0.05, 0.1) is 12.6 Å². The first-order chi connectivity index (χ1) is 8.00. The van der Waals surface area contributed by atoms with Gasteiger partial charge >= 0.3 is 0 Å². The molecule has 0 aliphatic heterocycles. The summed E-state index contributed by atoms with van der Waals surface area (Å²) in [4.78, 5) is 13.4. The first-order valence-electron chi connectivity index (χ1n) is 6.08. The molecular weight excluding hydrogens is 256 g/mol. The zero-order valence-corrected chi connectivity index (χ0v) is 12.7. The number of ether oxygens (including phenoxy) is 2. The minimum atomic E-state index is -0.423. The molecule has 0 fully saturated rings. The molecule has 6 heteroatoms. The average Bonchev–Trinajstić information content (AvgIpc) is 2.31. The van der Waals surface area contributed by atoms with Gasteiger partial charge in [0, 0.05) is 33.9 Å². The van der Waals surface area contributed by atoms with Crippen LogP contribution in [-0.2, 0) is 14.3 Å². The smallest absolute Gasteiger partial charge is 0.239 e. The second-order valence-electron chi connectivity index (χ2n) is 4.49. The van der Waals surface area contributed by atoms with Gasteiger partial charge in [0.2, 0.25) is 5.91 Å². The maximum Gasteiger partial charge on any atom is 0.239 e. The first-order valence-corrected chi connectivity index (χ1v) is 6.08. The molecule has 2 N–H and O–H groups in total. The normalized spacial score (nSPS) is 12.1. The minimum absolute atomic E-state index is 0. The van der Waals surface area contributed by atoms with Crippen molar-refractivity contribution in [2.24, 2.45) is 11.7 Å². The monoisotopic (exact) mass is 282 g/mol. The summed E-state index contributed by atoms with van der Waals surface area (Å²) in [5.41, 5.74) is 5.78. The quantitative estimate of drug-likeness (QED) is 0.638. The predicted octanol–water partition coefficient (Wildman–Crippen LogP) is 0.903. The van der Waals surface area contributed by atoms with Crippen molar-refractivity contribution in [3.63, 3.8) is 0 Å². The van der Waals surface area contributed by atoms with E-state index in [0.29, 0.717) is 26.4 Å². The van der Waals surface area contributed by atoms with E-state index in [1.54, 1.807) is 19.1 Å². The van der Waals surface area contributed by atoms with Gasteiger partial charge in [0.1, 0.15) is 0 Å². The third-order valence-corrected chi connectivity index (χ3v) is 2.59. The van der Waals surface area contributed by atoms with E-state index in [4.69, 9.17) is 15.2 Å². The first kappa shape index (κ1) is 20.0. The van der Waals surface area contributed by atoms with Crippen LogP contribution in [0.1, 0.15) is 20.3 Å². The summed E-state index contributed by atoms with van der Waals surface area (Å²) in [5, 5.41) is 0. The van der Waals surface area contributed by atoms with Gasteiger partial charge in [-0.1, -0.05) is 13.8 Å². The molecule has 0 aliphatic carbocycles. The third-order valence-electron chi connectivity index (χ3n) is 2.59. The lowest BCUT2D eigenvalue weighted by Gasteiger charge is -2.23. The molecule has 0 heterocycles. The highest BCUT2D eigenvalue weighted by Gasteiger charge is 2.20. The number of carbonyl (C=O) groups is 1. The molecule has 5 nitrogen and oxygen atoms in total. The number of nitrogens with two attached hydrogens (primary N) is 1. The highest BCUT2D eigenvalue weighted by Crippen LogP contribution is 2.01. The zero-order chi connectivity index (χ0) is 13.3. The Hall–Kier alpha value is -0.360. The second-order valence-corrected chi connectivity index (χ2v) is 4.49. The predicted molar refractivity (Wildman–Crippen MR) is 75.0 cm³/mol. The molecule has 1 amide bonds. The Bertz CT molecular complexity index is 215. The van der Waals surface area contributed by atoms with Crippen LogP contribution in [0.15, 0.2) is 0 Å². The average molecular weight is 283 g/mol. The van der Waals surface area contributed by atoms with Crippen LogP contribution in [0.3, 0.4) is 0 Å². The molecular formula is C12H27ClN2O3. The zero-order valence-electron chi connectivity index (χ0n) is 11.8. The topological polar surface area (TPSA) is 64.8 Å². The Balaban J connectivity index is 0. The summed E-state index contributed by atoms with van der Waals surface area (Å²) in [6, 6.07) is -0.423. The number of hydrogen-bond acceptors (Lipinski definition) is 4. The lowest BCUT2D eigenvalue weighted by atomic mass is 10.0. The van der Waals surface area contributed by atoms with E-state index in [1.807, 2.05) is 13.8 Å². The molecule has 0 unspecified atom stereocenters. The number of rotatable bonds is 9. The Morgan fingerprint density at radius 2 is 1.89 bits per heavy atom. The van der Waals surface area contributed by atoms with Crippen molar-refractivity contribution in [3.8, 4) is 0 Å². The van der Waals surface area contributed by atoms with Crippen molar-refractivity contribution in [2.75, 3.05) is 40.5 Å². The molecule has 0 saturated carbocycles. The van der Waals surface area contributed by atoms with Crippen LogP contribution in [0.5, 0.6) is 0 Å². The Labute approximate surface area is 116 Å². The highest BCUT2D eigenvalue weighted by molar-refractivity contribution is 5.85. The molecule has 110 valence electrons. The summed E-state index contributed by atoms with van der Waals surface area (Å²) in [6.07, 6.45) is 0.875. The largest absolute Gasteiger partial charge is 0.385 e. The molecule has 1 atom stereocenters. The maximum absolute atomic E-state index is 11.8. The molecule has 0 saturated heterocycles. The summed E-state index contributed by atoms with van der Waals surface area (Å²) >= 11 is 0. The molecule has 0 aliphatic rings. The van der Waals surface area contributed by atoms with Crippen LogP contribution in [0.25, 0.3) is 0 Å². The van der Waals surface area contributed by atoms with Gasteiger partial charge in [-0.2, -0.15) is 0 Å². The van der Waals surface area contributed by atoms with Crippen LogP contribution in [0.4, 0.5) is 0 Å². The van der Waals surface area contributed by atoms with E-state index in [2.05, 4.69) is 0 Å². The Kier molecular flexibility index (Phi) is 13.0. The third kappa shape index (κ3) is 8.69. The SMILES string of the molecule is COCCCOCCN(C)C(=O)[C@@H](N)C(C)C.Cl. The fourth-order valence-electron chi connectivity index (χ4n) is 1.26. The summed E-state index contributed by atoms with van der Waals surface area (Å²) in [7, 11) is 3.42. The molecule has 0 rings (SSSR count). The van der Waals surface area contributed by atoms with E-state index in [9.17, 15) is 4.79 Å². The van der Waals surface area contributed by atoms with E-state index in [-0.39, 0.29) is 24.2 Å². The Morgan fingerprint density at radius 1 is 1.28 bits per heavy atom. The van der Waals surface area contributed by atoms with Gasteiger partial charge in [-0.3, -0.25) is 4.79 Å².